The Bertz CT molecular complexity index is 537. The summed E-state index contributed by atoms with van der Waals surface area (Å²) in [6.07, 6.45) is 0.879. The predicted octanol–water partition coefficient (Wildman–Crippen LogP) is 2.60. The molecule has 1 fully saturated rings. The number of carbonyl (C=O) groups is 2. The van der Waals surface area contributed by atoms with Gasteiger partial charge in [-0.05, 0) is 36.6 Å². The average molecular weight is 328 g/mol. The van der Waals surface area contributed by atoms with E-state index in [0.29, 0.717) is 35.3 Å². The molecule has 0 spiro atoms. The molecule has 22 heavy (non-hydrogen) atoms. The quantitative estimate of drug-likeness (QED) is 0.845. The average Bonchev–Trinajstić information content (AvgIpc) is 2.94. The zero-order chi connectivity index (χ0) is 16.1. The Hall–Kier alpha value is -1.63. The van der Waals surface area contributed by atoms with Crippen molar-refractivity contribution in [1.29, 1.82) is 0 Å². The summed E-state index contributed by atoms with van der Waals surface area (Å²) in [6, 6.07) is 6.10. The standard InChI is InChI=1S/C15H18F2N2O2S/c1-10(20)19-7-6-11(9-19)8-18-14(21)12-2-4-13(5-3-12)22-15(16)17/h2-5,11,15H,6-9H2,1H3,(H,18,21)/t11-/m0/s1. The molecule has 2 amide bonds. The molecular formula is C15H18F2N2O2S. The SMILES string of the molecule is CC(=O)N1CC[C@@H](CNC(=O)c2ccc(SC(F)F)cc2)C1. The summed E-state index contributed by atoms with van der Waals surface area (Å²) in [5, 5.41) is 2.83. The first-order valence-electron chi connectivity index (χ1n) is 7.04. The van der Waals surface area contributed by atoms with Crippen molar-refractivity contribution in [3.8, 4) is 0 Å². The molecule has 1 heterocycles. The van der Waals surface area contributed by atoms with Crippen molar-refractivity contribution in [1.82, 2.24) is 10.2 Å². The normalized spacial score (nSPS) is 17.8. The highest BCUT2D eigenvalue weighted by atomic mass is 32.2. The lowest BCUT2D eigenvalue weighted by molar-refractivity contribution is -0.127. The first-order valence-corrected chi connectivity index (χ1v) is 7.92. The zero-order valence-corrected chi connectivity index (χ0v) is 13.0. The number of amides is 2. The maximum absolute atomic E-state index is 12.2. The summed E-state index contributed by atoms with van der Waals surface area (Å²) in [6.45, 7) is 3.45. The molecule has 1 aromatic rings. The van der Waals surface area contributed by atoms with E-state index in [9.17, 15) is 18.4 Å². The molecule has 0 aromatic heterocycles. The van der Waals surface area contributed by atoms with Gasteiger partial charge in [-0.2, -0.15) is 8.78 Å². The Morgan fingerprint density at radius 2 is 2.05 bits per heavy atom. The highest BCUT2D eigenvalue weighted by Crippen LogP contribution is 2.25. The third-order valence-electron chi connectivity index (χ3n) is 3.62. The van der Waals surface area contributed by atoms with Crippen LogP contribution in [0.3, 0.4) is 0 Å². The Kier molecular flexibility index (Phi) is 5.76. The number of thioether (sulfide) groups is 1. The van der Waals surface area contributed by atoms with Crippen LogP contribution >= 0.6 is 11.8 Å². The molecule has 0 aliphatic carbocycles. The Balaban J connectivity index is 1.81. The van der Waals surface area contributed by atoms with Gasteiger partial charge in [0.25, 0.3) is 11.7 Å². The third kappa shape index (κ3) is 4.69. The van der Waals surface area contributed by atoms with Gasteiger partial charge in [0.05, 0.1) is 0 Å². The van der Waals surface area contributed by atoms with Crippen LogP contribution in [-0.2, 0) is 4.79 Å². The molecule has 120 valence electrons. The number of rotatable bonds is 5. The van der Waals surface area contributed by atoms with Gasteiger partial charge in [-0.25, -0.2) is 0 Å². The minimum absolute atomic E-state index is 0.0564. The lowest BCUT2D eigenvalue weighted by Crippen LogP contribution is -2.32. The van der Waals surface area contributed by atoms with E-state index in [1.807, 2.05) is 0 Å². The monoisotopic (exact) mass is 328 g/mol. The van der Waals surface area contributed by atoms with Gasteiger partial charge in [-0.1, -0.05) is 11.8 Å². The van der Waals surface area contributed by atoms with Crippen LogP contribution in [0.5, 0.6) is 0 Å². The van der Waals surface area contributed by atoms with Gasteiger partial charge in [0, 0.05) is 37.0 Å². The largest absolute Gasteiger partial charge is 0.352 e. The van der Waals surface area contributed by atoms with Crippen LogP contribution in [0.4, 0.5) is 8.78 Å². The van der Waals surface area contributed by atoms with Gasteiger partial charge in [-0.15, -0.1) is 0 Å². The number of alkyl halides is 2. The number of nitrogens with one attached hydrogen (secondary N) is 1. The van der Waals surface area contributed by atoms with E-state index in [1.165, 1.54) is 24.3 Å². The van der Waals surface area contributed by atoms with E-state index in [4.69, 9.17) is 0 Å². The second-order valence-corrected chi connectivity index (χ2v) is 6.30. The van der Waals surface area contributed by atoms with Crippen LogP contribution < -0.4 is 5.32 Å². The number of nitrogens with zero attached hydrogens (tertiary/aromatic N) is 1. The number of carbonyl (C=O) groups excluding carboxylic acids is 2. The Morgan fingerprint density at radius 1 is 1.36 bits per heavy atom. The summed E-state index contributed by atoms with van der Waals surface area (Å²) >= 11 is 0.453. The smallest absolute Gasteiger partial charge is 0.288 e. The molecule has 1 N–H and O–H groups in total. The van der Waals surface area contributed by atoms with E-state index in [2.05, 4.69) is 5.32 Å². The van der Waals surface area contributed by atoms with Gasteiger partial charge in [0.2, 0.25) is 5.91 Å². The molecular weight excluding hydrogens is 310 g/mol. The molecule has 0 unspecified atom stereocenters. The van der Waals surface area contributed by atoms with E-state index in [1.54, 1.807) is 11.8 Å². The molecule has 0 saturated carbocycles. The molecule has 2 rings (SSSR count). The number of halogens is 2. The van der Waals surface area contributed by atoms with Crippen LogP contribution in [0.2, 0.25) is 0 Å². The minimum Gasteiger partial charge on any atom is -0.352 e. The molecule has 1 aromatic carbocycles. The summed E-state index contributed by atoms with van der Waals surface area (Å²) in [4.78, 5) is 25.4. The van der Waals surface area contributed by atoms with E-state index in [0.717, 1.165) is 13.0 Å². The molecule has 7 heteroatoms. The number of hydrogen-bond acceptors (Lipinski definition) is 3. The highest BCUT2D eigenvalue weighted by molar-refractivity contribution is 7.99. The van der Waals surface area contributed by atoms with E-state index in [-0.39, 0.29) is 17.7 Å². The van der Waals surface area contributed by atoms with Gasteiger partial charge in [0.1, 0.15) is 0 Å². The van der Waals surface area contributed by atoms with Crippen molar-refractivity contribution in [3.05, 3.63) is 29.8 Å². The van der Waals surface area contributed by atoms with Crippen LogP contribution in [0.1, 0.15) is 23.7 Å². The summed E-state index contributed by atoms with van der Waals surface area (Å²) in [5.41, 5.74) is 0.444. The lowest BCUT2D eigenvalue weighted by Gasteiger charge is -2.14. The Morgan fingerprint density at radius 3 is 2.59 bits per heavy atom. The molecule has 1 atom stereocenters. The fourth-order valence-corrected chi connectivity index (χ4v) is 2.91. The molecule has 1 aliphatic heterocycles. The first-order chi connectivity index (χ1) is 10.5. The van der Waals surface area contributed by atoms with Crippen LogP contribution in [0.15, 0.2) is 29.2 Å². The molecule has 4 nitrogen and oxygen atoms in total. The molecule has 1 saturated heterocycles. The van der Waals surface area contributed by atoms with Gasteiger partial charge < -0.3 is 10.2 Å². The molecule has 1 aliphatic rings. The number of likely N-dealkylation sites (tertiary alicyclic amines) is 1. The summed E-state index contributed by atoms with van der Waals surface area (Å²) in [7, 11) is 0. The summed E-state index contributed by atoms with van der Waals surface area (Å²) < 4.78 is 24.4. The second kappa shape index (κ2) is 7.58. The minimum atomic E-state index is -2.47. The second-order valence-electron chi connectivity index (χ2n) is 5.23. The fourth-order valence-electron chi connectivity index (χ4n) is 2.41. The topological polar surface area (TPSA) is 49.4 Å². The van der Waals surface area contributed by atoms with E-state index >= 15 is 0 Å². The number of hydrogen-bond donors (Lipinski definition) is 1. The van der Waals surface area contributed by atoms with Crippen molar-refractivity contribution in [2.24, 2.45) is 5.92 Å². The van der Waals surface area contributed by atoms with Crippen LogP contribution in [-0.4, -0.2) is 42.1 Å². The molecule has 0 bridgehead atoms. The lowest BCUT2D eigenvalue weighted by atomic mass is 10.1. The first kappa shape index (κ1) is 16.7. The third-order valence-corrected chi connectivity index (χ3v) is 4.35. The van der Waals surface area contributed by atoms with Crippen molar-refractivity contribution >= 4 is 23.6 Å². The van der Waals surface area contributed by atoms with Gasteiger partial charge >= 0.3 is 0 Å². The fraction of sp³-hybridized carbons (Fsp3) is 0.467. The van der Waals surface area contributed by atoms with Crippen molar-refractivity contribution < 1.29 is 18.4 Å². The summed E-state index contributed by atoms with van der Waals surface area (Å²) in [5.74, 6) is -2.37. The highest BCUT2D eigenvalue weighted by Gasteiger charge is 2.24. The van der Waals surface area contributed by atoms with Gasteiger partial charge in [0.15, 0.2) is 0 Å². The predicted molar refractivity (Wildman–Crippen MR) is 81.0 cm³/mol. The zero-order valence-electron chi connectivity index (χ0n) is 12.2. The van der Waals surface area contributed by atoms with Crippen molar-refractivity contribution in [3.63, 3.8) is 0 Å². The molecule has 0 radical (unpaired) electrons. The Labute approximate surface area is 132 Å². The van der Waals surface area contributed by atoms with Crippen LogP contribution in [0, 0.1) is 5.92 Å². The maximum atomic E-state index is 12.2. The number of benzene rings is 1. The van der Waals surface area contributed by atoms with Crippen molar-refractivity contribution in [2.45, 2.75) is 24.0 Å². The van der Waals surface area contributed by atoms with Gasteiger partial charge in [-0.3, -0.25) is 9.59 Å². The van der Waals surface area contributed by atoms with Crippen LogP contribution in [0.25, 0.3) is 0 Å². The van der Waals surface area contributed by atoms with Crippen molar-refractivity contribution in [2.75, 3.05) is 19.6 Å². The van der Waals surface area contributed by atoms with E-state index < -0.39 is 5.76 Å². The maximum Gasteiger partial charge on any atom is 0.288 e.